The zero-order chi connectivity index (χ0) is 18.7. The molecule has 0 radical (unpaired) electrons. The lowest BCUT2D eigenvalue weighted by atomic mass is 9.76. The number of hydrogen-bond donors (Lipinski definition) is 0. The Morgan fingerprint density at radius 2 is 2.12 bits per heavy atom. The molecule has 0 aliphatic carbocycles. The highest BCUT2D eigenvalue weighted by Gasteiger charge is 2.56. The molecular formula is C20H30N2O4. The second-order valence-corrected chi connectivity index (χ2v) is 8.02. The Morgan fingerprint density at radius 1 is 1.38 bits per heavy atom. The maximum Gasteiger partial charge on any atom is 0.311 e. The summed E-state index contributed by atoms with van der Waals surface area (Å²) >= 11 is 0. The molecule has 2 saturated heterocycles. The fourth-order valence-electron chi connectivity index (χ4n) is 4.45. The van der Waals surface area contributed by atoms with Crippen molar-refractivity contribution in [3.8, 4) is 0 Å². The summed E-state index contributed by atoms with van der Waals surface area (Å²) in [4.78, 5) is 29.5. The molecule has 0 N–H and O–H groups in total. The predicted octanol–water partition coefficient (Wildman–Crippen LogP) is 2.68. The number of carbonyl (C=O) groups is 2. The number of esters is 1. The van der Waals surface area contributed by atoms with Crippen molar-refractivity contribution in [3.05, 3.63) is 24.2 Å². The van der Waals surface area contributed by atoms with Crippen LogP contribution in [0.2, 0.25) is 0 Å². The lowest BCUT2D eigenvalue weighted by molar-refractivity contribution is -0.150. The van der Waals surface area contributed by atoms with Crippen molar-refractivity contribution < 1.29 is 18.7 Å². The number of nitrogens with zero attached hydrogens (tertiary/aromatic N) is 2. The van der Waals surface area contributed by atoms with Crippen molar-refractivity contribution in [2.45, 2.75) is 51.6 Å². The topological polar surface area (TPSA) is 63.0 Å². The molecule has 1 aromatic heterocycles. The molecule has 1 aromatic rings. The largest absolute Gasteiger partial charge is 0.472 e. The molecule has 6 heteroatoms. The third-order valence-corrected chi connectivity index (χ3v) is 5.99. The average molecular weight is 362 g/mol. The van der Waals surface area contributed by atoms with Crippen LogP contribution >= 0.6 is 0 Å². The zero-order valence-electron chi connectivity index (χ0n) is 16.1. The van der Waals surface area contributed by atoms with E-state index in [1.807, 2.05) is 11.0 Å². The predicted molar refractivity (Wildman–Crippen MR) is 97.2 cm³/mol. The highest BCUT2D eigenvalue weighted by Crippen LogP contribution is 2.44. The van der Waals surface area contributed by atoms with Gasteiger partial charge in [0, 0.05) is 38.2 Å². The van der Waals surface area contributed by atoms with Crippen LogP contribution in [0, 0.1) is 11.8 Å². The van der Waals surface area contributed by atoms with E-state index in [2.05, 4.69) is 18.7 Å². The minimum Gasteiger partial charge on any atom is -0.472 e. The SMILES string of the molecule is COC(=O)C1CC(=O)N(CCC(C)C)C12CCN(Cc1ccoc1)CC2. The van der Waals surface area contributed by atoms with Crippen molar-refractivity contribution in [2.75, 3.05) is 26.7 Å². The smallest absolute Gasteiger partial charge is 0.311 e. The van der Waals surface area contributed by atoms with Crippen molar-refractivity contribution in [1.82, 2.24) is 9.80 Å². The molecule has 3 heterocycles. The third kappa shape index (κ3) is 3.65. The first-order chi connectivity index (χ1) is 12.5. The Bertz CT molecular complexity index is 618. The second kappa shape index (κ2) is 7.82. The van der Waals surface area contributed by atoms with E-state index in [1.54, 1.807) is 12.5 Å². The van der Waals surface area contributed by atoms with Crippen LogP contribution in [0.3, 0.4) is 0 Å². The molecule has 2 aliphatic heterocycles. The van der Waals surface area contributed by atoms with Gasteiger partial charge < -0.3 is 14.1 Å². The first-order valence-corrected chi connectivity index (χ1v) is 9.58. The van der Waals surface area contributed by atoms with Gasteiger partial charge in [-0.1, -0.05) is 13.8 Å². The molecule has 0 saturated carbocycles. The van der Waals surface area contributed by atoms with Gasteiger partial charge >= 0.3 is 5.97 Å². The number of ether oxygens (including phenoxy) is 1. The van der Waals surface area contributed by atoms with E-state index in [-0.39, 0.29) is 29.8 Å². The normalized spacial score (nSPS) is 23.2. The maximum absolute atomic E-state index is 12.7. The number of amides is 1. The fourth-order valence-corrected chi connectivity index (χ4v) is 4.45. The molecule has 26 heavy (non-hydrogen) atoms. The molecule has 3 rings (SSSR count). The van der Waals surface area contributed by atoms with Crippen LogP contribution in [-0.4, -0.2) is 54.0 Å². The number of carbonyl (C=O) groups excluding carboxylic acids is 2. The molecule has 1 atom stereocenters. The standard InChI is InChI=1S/C20H30N2O4/c1-15(2)4-8-22-18(23)12-17(19(24)25-3)20(22)6-9-21(10-7-20)13-16-5-11-26-14-16/h5,11,14-15,17H,4,6-10,12-13H2,1-3H3. The first kappa shape index (κ1) is 19.0. The van der Waals surface area contributed by atoms with Gasteiger partial charge in [-0.2, -0.15) is 0 Å². The van der Waals surface area contributed by atoms with Gasteiger partial charge in [0.05, 0.1) is 31.1 Å². The molecule has 2 fully saturated rings. The highest BCUT2D eigenvalue weighted by molar-refractivity contribution is 5.89. The number of rotatable bonds is 6. The Kier molecular flexibility index (Phi) is 5.70. The van der Waals surface area contributed by atoms with Crippen LogP contribution in [0.5, 0.6) is 0 Å². The Morgan fingerprint density at radius 3 is 2.69 bits per heavy atom. The van der Waals surface area contributed by atoms with Crippen molar-refractivity contribution in [2.24, 2.45) is 11.8 Å². The van der Waals surface area contributed by atoms with Crippen LogP contribution in [0.15, 0.2) is 23.0 Å². The van der Waals surface area contributed by atoms with E-state index in [0.29, 0.717) is 5.92 Å². The van der Waals surface area contributed by atoms with E-state index in [4.69, 9.17) is 9.15 Å². The second-order valence-electron chi connectivity index (χ2n) is 8.02. The van der Waals surface area contributed by atoms with Gasteiger partial charge in [-0.25, -0.2) is 0 Å². The number of piperidine rings is 1. The number of hydrogen-bond acceptors (Lipinski definition) is 5. The molecule has 0 bridgehead atoms. The maximum atomic E-state index is 12.7. The van der Waals surface area contributed by atoms with Crippen molar-refractivity contribution in [1.29, 1.82) is 0 Å². The van der Waals surface area contributed by atoms with E-state index < -0.39 is 0 Å². The monoisotopic (exact) mass is 362 g/mol. The lowest BCUT2D eigenvalue weighted by Gasteiger charge is -2.47. The summed E-state index contributed by atoms with van der Waals surface area (Å²) in [5.41, 5.74) is 0.774. The number of furan rings is 1. The van der Waals surface area contributed by atoms with Gasteiger partial charge in [-0.3, -0.25) is 14.5 Å². The highest BCUT2D eigenvalue weighted by atomic mass is 16.5. The van der Waals surface area contributed by atoms with Crippen molar-refractivity contribution in [3.63, 3.8) is 0 Å². The molecule has 1 unspecified atom stereocenters. The summed E-state index contributed by atoms with van der Waals surface area (Å²) in [5, 5.41) is 0. The summed E-state index contributed by atoms with van der Waals surface area (Å²) in [5.74, 6) is 0.0412. The summed E-state index contributed by atoms with van der Waals surface area (Å²) in [6.45, 7) is 7.63. The van der Waals surface area contributed by atoms with Gasteiger partial charge in [0.1, 0.15) is 0 Å². The quantitative estimate of drug-likeness (QED) is 0.728. The Balaban J connectivity index is 1.75. The van der Waals surface area contributed by atoms with E-state index in [0.717, 1.165) is 51.0 Å². The van der Waals surface area contributed by atoms with Gasteiger partial charge in [-0.05, 0) is 31.2 Å². The number of methoxy groups -OCH3 is 1. The molecule has 6 nitrogen and oxygen atoms in total. The van der Waals surface area contributed by atoms with E-state index in [1.165, 1.54) is 7.11 Å². The van der Waals surface area contributed by atoms with Crippen LogP contribution in [0.1, 0.15) is 45.1 Å². The Labute approximate surface area is 155 Å². The van der Waals surface area contributed by atoms with Crippen LogP contribution in [0.4, 0.5) is 0 Å². The molecule has 1 spiro atoms. The molecule has 0 aromatic carbocycles. The van der Waals surface area contributed by atoms with Crippen LogP contribution in [0.25, 0.3) is 0 Å². The molecule has 2 aliphatic rings. The number of likely N-dealkylation sites (tertiary alicyclic amines) is 2. The molecule has 144 valence electrons. The summed E-state index contributed by atoms with van der Waals surface area (Å²) in [6.07, 6.45) is 6.34. The van der Waals surface area contributed by atoms with Crippen LogP contribution < -0.4 is 0 Å². The average Bonchev–Trinajstić information content (AvgIpc) is 3.21. The third-order valence-electron chi connectivity index (χ3n) is 5.99. The van der Waals surface area contributed by atoms with E-state index >= 15 is 0 Å². The molecule has 1 amide bonds. The van der Waals surface area contributed by atoms with Gasteiger partial charge in [0.15, 0.2) is 0 Å². The summed E-state index contributed by atoms with van der Waals surface area (Å²) in [6, 6.07) is 1.98. The molecular weight excluding hydrogens is 332 g/mol. The fraction of sp³-hybridized carbons (Fsp3) is 0.700. The van der Waals surface area contributed by atoms with Gasteiger partial charge in [0.25, 0.3) is 0 Å². The van der Waals surface area contributed by atoms with Crippen molar-refractivity contribution >= 4 is 11.9 Å². The van der Waals surface area contributed by atoms with E-state index in [9.17, 15) is 9.59 Å². The Hall–Kier alpha value is -1.82. The summed E-state index contributed by atoms with van der Waals surface area (Å²) in [7, 11) is 1.42. The minimum absolute atomic E-state index is 0.101. The lowest BCUT2D eigenvalue weighted by Crippen LogP contribution is -2.57. The minimum atomic E-state index is -0.383. The van der Waals surface area contributed by atoms with Gasteiger partial charge in [0.2, 0.25) is 5.91 Å². The zero-order valence-corrected chi connectivity index (χ0v) is 16.1. The van der Waals surface area contributed by atoms with Gasteiger partial charge in [-0.15, -0.1) is 0 Å². The van der Waals surface area contributed by atoms with Crippen LogP contribution in [-0.2, 0) is 20.9 Å². The first-order valence-electron chi connectivity index (χ1n) is 9.58. The summed E-state index contributed by atoms with van der Waals surface area (Å²) < 4.78 is 10.2.